The fraction of sp³-hybridized carbons (Fsp3) is 0.611. The first-order valence-corrected chi connectivity index (χ1v) is 8.27. The molecule has 4 heteroatoms. The van der Waals surface area contributed by atoms with E-state index in [0.29, 0.717) is 30.6 Å². The van der Waals surface area contributed by atoms with Crippen molar-refractivity contribution in [1.82, 2.24) is 5.32 Å². The standard InChI is InChI=1S/C18H22FNO2/c19-18-8-13-6-14(9-18)16(15(7-13)10-18)20-17(21)22-11-12-4-2-1-3-5-12/h1-5,13-16H,6-11H2,(H,20,21)/t13?,14-,15+,16?,18?. The maximum absolute atomic E-state index is 14.6. The average Bonchev–Trinajstić information content (AvgIpc) is 2.48. The molecule has 5 rings (SSSR count). The van der Waals surface area contributed by atoms with E-state index in [9.17, 15) is 9.18 Å². The van der Waals surface area contributed by atoms with E-state index < -0.39 is 5.67 Å². The SMILES string of the molecule is O=C(NC1[C@@H]2CC3C[C@H]1CC(F)(C3)C2)OCc1ccccc1. The van der Waals surface area contributed by atoms with Gasteiger partial charge in [-0.25, -0.2) is 9.18 Å². The highest BCUT2D eigenvalue weighted by molar-refractivity contribution is 5.67. The fourth-order valence-corrected chi connectivity index (χ4v) is 5.06. The molecule has 4 fully saturated rings. The van der Waals surface area contributed by atoms with Crippen LogP contribution in [0.2, 0.25) is 0 Å². The third-order valence-electron chi connectivity index (χ3n) is 5.70. The van der Waals surface area contributed by atoms with Crippen molar-refractivity contribution in [2.75, 3.05) is 0 Å². The second kappa shape index (κ2) is 5.25. The van der Waals surface area contributed by atoms with Gasteiger partial charge in [-0.3, -0.25) is 0 Å². The zero-order valence-electron chi connectivity index (χ0n) is 12.6. The van der Waals surface area contributed by atoms with E-state index in [1.54, 1.807) is 0 Å². The summed E-state index contributed by atoms with van der Waals surface area (Å²) in [6.07, 6.45) is 3.73. The predicted octanol–water partition coefficient (Wildman–Crippen LogP) is 3.83. The Morgan fingerprint density at radius 1 is 1.18 bits per heavy atom. The molecule has 4 aliphatic rings. The van der Waals surface area contributed by atoms with Crippen LogP contribution in [0.4, 0.5) is 9.18 Å². The third kappa shape index (κ3) is 2.59. The molecule has 0 spiro atoms. The first-order chi connectivity index (χ1) is 10.6. The van der Waals surface area contributed by atoms with E-state index in [1.165, 1.54) is 0 Å². The molecule has 0 radical (unpaired) electrons. The lowest BCUT2D eigenvalue weighted by Gasteiger charge is -2.56. The topological polar surface area (TPSA) is 38.3 Å². The summed E-state index contributed by atoms with van der Waals surface area (Å²) in [5.74, 6) is 1.11. The number of ether oxygens (including phenoxy) is 1. The summed E-state index contributed by atoms with van der Waals surface area (Å²) >= 11 is 0. The Labute approximate surface area is 130 Å². The predicted molar refractivity (Wildman–Crippen MR) is 80.9 cm³/mol. The van der Waals surface area contributed by atoms with Crippen molar-refractivity contribution in [2.45, 2.75) is 50.4 Å². The molecule has 0 heterocycles. The monoisotopic (exact) mass is 303 g/mol. The quantitative estimate of drug-likeness (QED) is 0.921. The van der Waals surface area contributed by atoms with Crippen LogP contribution in [0.25, 0.3) is 0 Å². The number of hydrogen-bond donors (Lipinski definition) is 1. The zero-order valence-corrected chi connectivity index (χ0v) is 12.6. The lowest BCUT2D eigenvalue weighted by Crippen LogP contribution is -2.60. The molecule has 0 aromatic heterocycles. The van der Waals surface area contributed by atoms with Gasteiger partial charge in [-0.05, 0) is 55.4 Å². The van der Waals surface area contributed by atoms with Crippen molar-refractivity contribution < 1.29 is 13.9 Å². The van der Waals surface area contributed by atoms with Gasteiger partial charge in [0.25, 0.3) is 0 Å². The second-order valence-electron chi connectivity index (χ2n) is 7.35. The van der Waals surface area contributed by atoms with Crippen molar-refractivity contribution in [3.63, 3.8) is 0 Å². The number of hydrogen-bond acceptors (Lipinski definition) is 2. The molecule has 0 aliphatic heterocycles. The number of nitrogens with one attached hydrogen (secondary N) is 1. The van der Waals surface area contributed by atoms with Crippen LogP contribution < -0.4 is 5.32 Å². The van der Waals surface area contributed by atoms with E-state index in [0.717, 1.165) is 24.8 Å². The van der Waals surface area contributed by atoms with Gasteiger partial charge in [-0.1, -0.05) is 30.3 Å². The molecule has 1 aromatic rings. The highest BCUT2D eigenvalue weighted by Crippen LogP contribution is 2.57. The highest BCUT2D eigenvalue weighted by Gasteiger charge is 2.56. The van der Waals surface area contributed by atoms with Gasteiger partial charge in [-0.2, -0.15) is 0 Å². The van der Waals surface area contributed by atoms with Crippen molar-refractivity contribution in [1.29, 1.82) is 0 Å². The van der Waals surface area contributed by atoms with Crippen molar-refractivity contribution in [2.24, 2.45) is 17.8 Å². The first-order valence-electron chi connectivity index (χ1n) is 8.27. The first kappa shape index (κ1) is 14.0. The van der Waals surface area contributed by atoms with Gasteiger partial charge in [0.2, 0.25) is 0 Å². The summed E-state index contributed by atoms with van der Waals surface area (Å²) < 4.78 is 19.9. The maximum atomic E-state index is 14.6. The van der Waals surface area contributed by atoms with E-state index in [4.69, 9.17) is 4.74 Å². The number of alkyl halides is 1. The van der Waals surface area contributed by atoms with E-state index in [1.807, 2.05) is 30.3 Å². The van der Waals surface area contributed by atoms with Crippen molar-refractivity contribution >= 4 is 6.09 Å². The minimum absolute atomic E-state index is 0.101. The van der Waals surface area contributed by atoms with Crippen LogP contribution in [0.15, 0.2) is 30.3 Å². The van der Waals surface area contributed by atoms with Gasteiger partial charge in [-0.15, -0.1) is 0 Å². The number of benzene rings is 1. The number of amides is 1. The molecular formula is C18H22FNO2. The lowest BCUT2D eigenvalue weighted by atomic mass is 9.53. The van der Waals surface area contributed by atoms with Crippen LogP contribution in [0.3, 0.4) is 0 Å². The maximum Gasteiger partial charge on any atom is 0.407 e. The molecule has 0 saturated heterocycles. The second-order valence-corrected chi connectivity index (χ2v) is 7.35. The Hall–Kier alpha value is -1.58. The van der Waals surface area contributed by atoms with Crippen LogP contribution in [0.1, 0.15) is 37.7 Å². The van der Waals surface area contributed by atoms with Gasteiger partial charge in [0.1, 0.15) is 12.3 Å². The Morgan fingerprint density at radius 2 is 1.86 bits per heavy atom. The molecule has 118 valence electrons. The van der Waals surface area contributed by atoms with Crippen LogP contribution >= 0.6 is 0 Å². The smallest absolute Gasteiger partial charge is 0.407 e. The summed E-state index contributed by atoms with van der Waals surface area (Å²) in [6.45, 7) is 0.282. The molecule has 4 bridgehead atoms. The van der Waals surface area contributed by atoms with Crippen molar-refractivity contribution in [3.8, 4) is 0 Å². The van der Waals surface area contributed by atoms with Crippen LogP contribution in [-0.4, -0.2) is 17.8 Å². The summed E-state index contributed by atoms with van der Waals surface area (Å²) in [5.41, 5.74) is 0.0215. The van der Waals surface area contributed by atoms with Gasteiger partial charge in [0.05, 0.1) is 0 Å². The number of carbonyl (C=O) groups is 1. The van der Waals surface area contributed by atoms with E-state index >= 15 is 0 Å². The van der Waals surface area contributed by atoms with E-state index in [2.05, 4.69) is 5.32 Å². The van der Waals surface area contributed by atoms with Gasteiger partial charge >= 0.3 is 6.09 Å². The largest absolute Gasteiger partial charge is 0.445 e. The molecule has 1 amide bonds. The molecule has 4 saturated carbocycles. The van der Waals surface area contributed by atoms with Gasteiger partial charge in [0, 0.05) is 6.04 Å². The molecule has 1 aromatic carbocycles. The minimum Gasteiger partial charge on any atom is -0.445 e. The summed E-state index contributed by atoms with van der Waals surface area (Å²) in [6, 6.07) is 9.75. The Morgan fingerprint density at radius 3 is 2.50 bits per heavy atom. The zero-order chi connectivity index (χ0) is 15.2. The number of carbonyl (C=O) groups excluding carboxylic acids is 1. The lowest BCUT2D eigenvalue weighted by molar-refractivity contribution is -0.0917. The Balaban J connectivity index is 1.35. The average molecular weight is 303 g/mol. The molecule has 22 heavy (non-hydrogen) atoms. The molecule has 3 unspecified atom stereocenters. The van der Waals surface area contributed by atoms with Crippen molar-refractivity contribution in [3.05, 3.63) is 35.9 Å². The van der Waals surface area contributed by atoms with Crippen LogP contribution in [-0.2, 0) is 11.3 Å². The Kier molecular flexibility index (Phi) is 3.35. The normalized spacial score (nSPS) is 38.8. The number of rotatable bonds is 3. The van der Waals surface area contributed by atoms with Crippen LogP contribution in [0, 0.1) is 17.8 Å². The van der Waals surface area contributed by atoms with Gasteiger partial charge in [0.15, 0.2) is 0 Å². The molecule has 4 aliphatic carbocycles. The Bertz CT molecular complexity index is 545. The summed E-state index contributed by atoms with van der Waals surface area (Å²) in [5, 5.41) is 3.02. The number of alkyl carbamates (subject to hydrolysis) is 1. The molecule has 1 N–H and O–H groups in total. The van der Waals surface area contributed by atoms with Crippen LogP contribution in [0.5, 0.6) is 0 Å². The van der Waals surface area contributed by atoms with Gasteiger partial charge < -0.3 is 10.1 Å². The third-order valence-corrected chi connectivity index (χ3v) is 5.70. The molecular weight excluding hydrogens is 281 g/mol. The minimum atomic E-state index is -0.956. The summed E-state index contributed by atoms with van der Waals surface area (Å²) in [7, 11) is 0. The van der Waals surface area contributed by atoms with E-state index in [-0.39, 0.29) is 18.7 Å². The number of halogens is 1. The molecule has 3 nitrogen and oxygen atoms in total. The summed E-state index contributed by atoms with van der Waals surface area (Å²) in [4.78, 5) is 12.1. The fourth-order valence-electron chi connectivity index (χ4n) is 5.06. The highest BCUT2D eigenvalue weighted by atomic mass is 19.1. The molecule has 5 atom stereocenters.